The van der Waals surface area contributed by atoms with Crippen LogP contribution in [0.2, 0.25) is 0 Å². The van der Waals surface area contributed by atoms with Crippen LogP contribution in [0.3, 0.4) is 0 Å². The van der Waals surface area contributed by atoms with Crippen LogP contribution in [0.5, 0.6) is 11.5 Å². The Labute approximate surface area is 183 Å². The Morgan fingerprint density at radius 2 is 0.903 bits per heavy atom. The molecule has 0 amide bonds. The number of nitrogens with zero attached hydrogens (tertiary/aromatic N) is 2. The fourth-order valence-corrected chi connectivity index (χ4v) is 2.98. The highest BCUT2D eigenvalue weighted by Gasteiger charge is 2.06. The maximum atomic E-state index is 11.8. The van der Waals surface area contributed by atoms with Gasteiger partial charge in [-0.25, -0.2) is 0 Å². The molecule has 0 saturated carbocycles. The van der Waals surface area contributed by atoms with Crippen LogP contribution in [-0.2, 0) is 9.59 Å². The molecular formula is C25H26N2O4. The number of ether oxygens (including phenoxy) is 2. The van der Waals surface area contributed by atoms with Crippen molar-refractivity contribution in [1.29, 1.82) is 10.5 Å². The molecule has 0 spiro atoms. The Morgan fingerprint density at radius 1 is 0.581 bits per heavy atom. The zero-order valence-electron chi connectivity index (χ0n) is 17.5. The standard InChI is InChI=1S/C25H26N2O4/c26-18-20-10-14-22(15-11-20)30-24(28)8-6-4-2-1-3-5-7-9-25(29)31-23-16-12-21(19-27)13-17-23/h10-17H,1-9H2. The van der Waals surface area contributed by atoms with Crippen LogP contribution in [0.15, 0.2) is 48.5 Å². The summed E-state index contributed by atoms with van der Waals surface area (Å²) in [7, 11) is 0. The number of nitriles is 2. The van der Waals surface area contributed by atoms with Crippen LogP contribution in [0, 0.1) is 22.7 Å². The van der Waals surface area contributed by atoms with Crippen molar-refractivity contribution >= 4 is 11.9 Å². The monoisotopic (exact) mass is 418 g/mol. The lowest BCUT2D eigenvalue weighted by Crippen LogP contribution is -2.07. The number of carbonyl (C=O) groups excluding carboxylic acids is 2. The molecule has 31 heavy (non-hydrogen) atoms. The third-order valence-corrected chi connectivity index (χ3v) is 4.69. The highest BCUT2D eigenvalue weighted by molar-refractivity contribution is 5.72. The van der Waals surface area contributed by atoms with Gasteiger partial charge in [0, 0.05) is 12.8 Å². The molecular weight excluding hydrogens is 392 g/mol. The summed E-state index contributed by atoms with van der Waals surface area (Å²) in [6.45, 7) is 0. The Kier molecular flexibility index (Phi) is 10.3. The van der Waals surface area contributed by atoms with Gasteiger partial charge in [0.1, 0.15) is 11.5 Å². The Bertz CT molecular complexity index is 844. The molecule has 0 heterocycles. The van der Waals surface area contributed by atoms with Gasteiger partial charge in [-0.1, -0.05) is 32.1 Å². The van der Waals surface area contributed by atoms with Crippen molar-refractivity contribution in [1.82, 2.24) is 0 Å². The molecule has 0 fully saturated rings. The molecule has 0 unspecified atom stereocenters. The van der Waals surface area contributed by atoms with Gasteiger partial charge in [0.25, 0.3) is 0 Å². The van der Waals surface area contributed by atoms with Gasteiger partial charge >= 0.3 is 11.9 Å². The van der Waals surface area contributed by atoms with Crippen LogP contribution in [0.4, 0.5) is 0 Å². The van der Waals surface area contributed by atoms with E-state index in [1.807, 2.05) is 12.1 Å². The normalized spacial score (nSPS) is 10.0. The second-order valence-electron chi connectivity index (χ2n) is 7.20. The lowest BCUT2D eigenvalue weighted by atomic mass is 10.1. The Morgan fingerprint density at radius 3 is 1.23 bits per heavy atom. The van der Waals surface area contributed by atoms with E-state index in [0.717, 1.165) is 44.9 Å². The highest BCUT2D eigenvalue weighted by atomic mass is 16.5. The molecule has 0 aliphatic rings. The van der Waals surface area contributed by atoms with Crippen LogP contribution in [-0.4, -0.2) is 11.9 Å². The number of hydrogen-bond acceptors (Lipinski definition) is 6. The first-order valence-corrected chi connectivity index (χ1v) is 10.5. The zero-order valence-corrected chi connectivity index (χ0v) is 17.5. The lowest BCUT2D eigenvalue weighted by Gasteiger charge is -2.05. The van der Waals surface area contributed by atoms with E-state index in [0.29, 0.717) is 35.5 Å². The maximum absolute atomic E-state index is 11.8. The molecule has 160 valence electrons. The highest BCUT2D eigenvalue weighted by Crippen LogP contribution is 2.15. The summed E-state index contributed by atoms with van der Waals surface area (Å²) >= 11 is 0. The minimum absolute atomic E-state index is 0.259. The van der Waals surface area contributed by atoms with E-state index in [1.165, 1.54) is 0 Å². The van der Waals surface area contributed by atoms with E-state index in [9.17, 15) is 9.59 Å². The smallest absolute Gasteiger partial charge is 0.311 e. The Balaban J connectivity index is 1.45. The summed E-state index contributed by atoms with van der Waals surface area (Å²) in [5.41, 5.74) is 1.06. The van der Waals surface area contributed by atoms with Crippen molar-refractivity contribution in [2.24, 2.45) is 0 Å². The number of esters is 2. The van der Waals surface area contributed by atoms with E-state index < -0.39 is 0 Å². The summed E-state index contributed by atoms with van der Waals surface area (Å²) in [4.78, 5) is 23.6. The summed E-state index contributed by atoms with van der Waals surface area (Å²) in [6.07, 6.45) is 7.39. The quantitative estimate of drug-likeness (QED) is 0.258. The van der Waals surface area contributed by atoms with Gasteiger partial charge in [0.15, 0.2) is 0 Å². The van der Waals surface area contributed by atoms with Gasteiger partial charge in [0.2, 0.25) is 0 Å². The van der Waals surface area contributed by atoms with Crippen molar-refractivity contribution in [3.63, 3.8) is 0 Å². The van der Waals surface area contributed by atoms with Crippen molar-refractivity contribution in [3.8, 4) is 23.6 Å². The van der Waals surface area contributed by atoms with Crippen LogP contribution >= 0.6 is 0 Å². The second kappa shape index (κ2) is 13.6. The molecule has 2 aromatic rings. The molecule has 0 aliphatic carbocycles. The molecule has 0 saturated heterocycles. The first-order valence-electron chi connectivity index (χ1n) is 10.5. The number of carbonyl (C=O) groups is 2. The van der Waals surface area contributed by atoms with E-state index in [-0.39, 0.29) is 11.9 Å². The van der Waals surface area contributed by atoms with E-state index in [1.54, 1.807) is 48.5 Å². The predicted octanol–water partition coefficient (Wildman–Crippen LogP) is 5.45. The van der Waals surface area contributed by atoms with Gasteiger partial charge in [-0.05, 0) is 61.4 Å². The second-order valence-corrected chi connectivity index (χ2v) is 7.20. The van der Waals surface area contributed by atoms with Gasteiger partial charge in [-0.2, -0.15) is 10.5 Å². The molecule has 0 N–H and O–H groups in total. The third kappa shape index (κ3) is 9.60. The summed E-state index contributed by atoms with van der Waals surface area (Å²) in [6, 6.07) is 17.0. The average Bonchev–Trinajstić information content (AvgIpc) is 2.79. The van der Waals surface area contributed by atoms with Gasteiger partial charge in [-0.3, -0.25) is 9.59 Å². The molecule has 2 rings (SSSR count). The average molecular weight is 418 g/mol. The van der Waals surface area contributed by atoms with Crippen molar-refractivity contribution in [2.45, 2.75) is 57.8 Å². The minimum Gasteiger partial charge on any atom is -0.427 e. The SMILES string of the molecule is N#Cc1ccc(OC(=O)CCCCCCCCCC(=O)Oc2ccc(C#N)cc2)cc1. The first-order chi connectivity index (χ1) is 15.1. The number of hydrogen-bond donors (Lipinski definition) is 0. The summed E-state index contributed by atoms with van der Waals surface area (Å²) in [5, 5.41) is 17.5. The molecule has 2 aromatic carbocycles. The van der Waals surface area contributed by atoms with Crippen molar-refractivity contribution in [2.75, 3.05) is 0 Å². The van der Waals surface area contributed by atoms with Gasteiger partial charge < -0.3 is 9.47 Å². The van der Waals surface area contributed by atoms with Gasteiger partial charge in [-0.15, -0.1) is 0 Å². The molecule has 0 bridgehead atoms. The lowest BCUT2D eigenvalue weighted by molar-refractivity contribution is -0.135. The van der Waals surface area contributed by atoms with Gasteiger partial charge in [0.05, 0.1) is 23.3 Å². The molecule has 0 aromatic heterocycles. The zero-order chi connectivity index (χ0) is 22.3. The molecule has 0 aliphatic heterocycles. The van der Waals surface area contributed by atoms with E-state index in [2.05, 4.69) is 0 Å². The maximum Gasteiger partial charge on any atom is 0.311 e. The molecule has 6 nitrogen and oxygen atoms in total. The summed E-state index contributed by atoms with van der Waals surface area (Å²) < 4.78 is 10.5. The fraction of sp³-hybridized carbons (Fsp3) is 0.360. The molecule has 0 atom stereocenters. The van der Waals surface area contributed by atoms with Crippen LogP contribution in [0.25, 0.3) is 0 Å². The fourth-order valence-electron chi connectivity index (χ4n) is 2.98. The molecule has 6 heteroatoms. The molecule has 0 radical (unpaired) electrons. The van der Waals surface area contributed by atoms with Crippen LogP contribution in [0.1, 0.15) is 68.9 Å². The largest absolute Gasteiger partial charge is 0.427 e. The number of unbranched alkanes of at least 4 members (excludes halogenated alkanes) is 6. The topological polar surface area (TPSA) is 100 Å². The third-order valence-electron chi connectivity index (χ3n) is 4.69. The van der Waals surface area contributed by atoms with Crippen molar-refractivity contribution in [3.05, 3.63) is 59.7 Å². The van der Waals surface area contributed by atoms with E-state index in [4.69, 9.17) is 20.0 Å². The predicted molar refractivity (Wildman–Crippen MR) is 115 cm³/mol. The van der Waals surface area contributed by atoms with E-state index >= 15 is 0 Å². The Hall–Kier alpha value is -3.64. The number of rotatable bonds is 12. The number of benzene rings is 2. The first kappa shape index (κ1) is 23.6. The summed E-state index contributed by atoms with van der Waals surface area (Å²) in [5.74, 6) is 0.402. The van der Waals surface area contributed by atoms with Crippen LogP contribution < -0.4 is 9.47 Å². The minimum atomic E-state index is -0.259. The van der Waals surface area contributed by atoms with Crippen molar-refractivity contribution < 1.29 is 19.1 Å².